The Morgan fingerprint density at radius 1 is 1.07 bits per heavy atom. The van der Waals surface area contributed by atoms with E-state index in [4.69, 9.17) is 32.7 Å². The van der Waals surface area contributed by atoms with Gasteiger partial charge >= 0.3 is 0 Å². The van der Waals surface area contributed by atoms with Crippen molar-refractivity contribution in [2.45, 2.75) is 25.9 Å². The minimum atomic E-state index is -3.84. The number of carbonyl (C=O) groups is 1. The van der Waals surface area contributed by atoms with Crippen LogP contribution in [0.4, 0.5) is 5.69 Å². The number of halogens is 2. The molecule has 0 saturated heterocycles. The van der Waals surface area contributed by atoms with Crippen LogP contribution in [0.15, 0.2) is 36.4 Å². The molecule has 0 spiro atoms. The van der Waals surface area contributed by atoms with E-state index in [0.29, 0.717) is 22.1 Å². The van der Waals surface area contributed by atoms with Crippen molar-refractivity contribution >= 4 is 44.8 Å². The van der Waals surface area contributed by atoms with Crippen molar-refractivity contribution in [1.82, 2.24) is 5.32 Å². The second kappa shape index (κ2) is 9.76. The number of ether oxygens (including phenoxy) is 2. The smallest absolute Gasteiger partial charge is 0.244 e. The van der Waals surface area contributed by atoms with Gasteiger partial charge < -0.3 is 14.8 Å². The minimum Gasteiger partial charge on any atom is -0.497 e. The zero-order chi connectivity index (χ0) is 22.6. The van der Waals surface area contributed by atoms with Crippen LogP contribution in [0.3, 0.4) is 0 Å². The van der Waals surface area contributed by atoms with Crippen LogP contribution in [0.25, 0.3) is 0 Å². The second-order valence-corrected chi connectivity index (χ2v) is 9.37. The highest BCUT2D eigenvalue weighted by Gasteiger charge is 2.31. The summed E-state index contributed by atoms with van der Waals surface area (Å²) in [5, 5.41) is 3.28. The molecule has 0 radical (unpaired) electrons. The van der Waals surface area contributed by atoms with Crippen molar-refractivity contribution < 1.29 is 22.7 Å². The van der Waals surface area contributed by atoms with Crippen molar-refractivity contribution in [3.8, 4) is 11.5 Å². The van der Waals surface area contributed by atoms with Crippen LogP contribution in [-0.4, -0.2) is 40.8 Å². The highest BCUT2D eigenvalue weighted by Crippen LogP contribution is 2.33. The van der Waals surface area contributed by atoms with E-state index in [1.165, 1.54) is 39.3 Å². The predicted octanol–water partition coefficient (Wildman–Crippen LogP) is 4.04. The number of benzene rings is 2. The standard InChI is InChI=1S/C20H24Cl2N2O5S/c1-12(16-11-15(28-3)7-9-19(16)29-4)23-20(25)13(2)24(30(5,26)27)18-10-14(21)6-8-17(18)22/h6-13H,1-5H3,(H,23,25)/t12-,13-/m1/s1. The largest absolute Gasteiger partial charge is 0.497 e. The molecule has 2 atom stereocenters. The Morgan fingerprint density at radius 3 is 2.30 bits per heavy atom. The van der Waals surface area contributed by atoms with Gasteiger partial charge in [0.15, 0.2) is 0 Å². The SMILES string of the molecule is COc1ccc(OC)c([C@@H](C)NC(=O)[C@@H](C)N(c2cc(Cl)ccc2Cl)S(C)(=O)=O)c1. The first-order valence-corrected chi connectivity index (χ1v) is 11.6. The van der Waals surface area contributed by atoms with E-state index in [2.05, 4.69) is 5.32 Å². The molecule has 0 aliphatic carbocycles. The fourth-order valence-corrected chi connectivity index (χ4v) is 4.63. The summed E-state index contributed by atoms with van der Waals surface area (Å²) in [4.78, 5) is 13.0. The quantitative estimate of drug-likeness (QED) is 0.623. The van der Waals surface area contributed by atoms with Gasteiger partial charge in [-0.15, -0.1) is 0 Å². The van der Waals surface area contributed by atoms with Crippen molar-refractivity contribution in [3.05, 3.63) is 52.0 Å². The van der Waals surface area contributed by atoms with Gasteiger partial charge in [-0.3, -0.25) is 9.10 Å². The maximum Gasteiger partial charge on any atom is 0.244 e. The lowest BCUT2D eigenvalue weighted by Gasteiger charge is -2.30. The number of hydrogen-bond acceptors (Lipinski definition) is 5. The Bertz CT molecular complexity index is 1030. The van der Waals surface area contributed by atoms with E-state index in [0.717, 1.165) is 10.6 Å². The summed E-state index contributed by atoms with van der Waals surface area (Å²) < 4.78 is 36.5. The number of nitrogens with one attached hydrogen (secondary N) is 1. The van der Waals surface area contributed by atoms with Crippen LogP contribution in [0.2, 0.25) is 10.0 Å². The number of nitrogens with zero attached hydrogens (tertiary/aromatic N) is 1. The summed E-state index contributed by atoms with van der Waals surface area (Å²) >= 11 is 12.2. The number of anilines is 1. The molecular formula is C20H24Cl2N2O5S. The average Bonchev–Trinajstić information content (AvgIpc) is 2.68. The molecule has 0 aromatic heterocycles. The van der Waals surface area contributed by atoms with Gasteiger partial charge in [-0.25, -0.2) is 8.42 Å². The summed E-state index contributed by atoms with van der Waals surface area (Å²) in [6.45, 7) is 3.24. The zero-order valence-corrected chi connectivity index (χ0v) is 19.6. The molecule has 30 heavy (non-hydrogen) atoms. The van der Waals surface area contributed by atoms with Gasteiger partial charge in [0.1, 0.15) is 17.5 Å². The first kappa shape index (κ1) is 24.1. The van der Waals surface area contributed by atoms with Gasteiger partial charge in [0.2, 0.25) is 15.9 Å². The number of methoxy groups -OCH3 is 2. The summed E-state index contributed by atoms with van der Waals surface area (Å²) in [6.07, 6.45) is 1.00. The van der Waals surface area contributed by atoms with Gasteiger partial charge in [-0.1, -0.05) is 23.2 Å². The van der Waals surface area contributed by atoms with Gasteiger partial charge in [0.05, 0.1) is 37.2 Å². The van der Waals surface area contributed by atoms with Crippen LogP contribution < -0.4 is 19.1 Å². The molecule has 7 nitrogen and oxygen atoms in total. The van der Waals surface area contributed by atoms with Crippen LogP contribution in [-0.2, 0) is 14.8 Å². The normalized spacial score (nSPS) is 13.3. The molecule has 164 valence electrons. The Hall–Kier alpha value is -2.16. The van der Waals surface area contributed by atoms with Crippen molar-refractivity contribution in [2.24, 2.45) is 0 Å². The molecule has 1 amide bonds. The third kappa shape index (κ3) is 5.50. The monoisotopic (exact) mass is 474 g/mol. The number of rotatable bonds is 8. The summed E-state index contributed by atoms with van der Waals surface area (Å²) in [5.41, 5.74) is 0.810. The molecule has 10 heteroatoms. The molecule has 2 aromatic rings. The van der Waals surface area contributed by atoms with E-state index in [1.54, 1.807) is 25.1 Å². The van der Waals surface area contributed by atoms with Crippen LogP contribution >= 0.6 is 23.2 Å². The lowest BCUT2D eigenvalue weighted by molar-refractivity contribution is -0.122. The Morgan fingerprint density at radius 2 is 1.73 bits per heavy atom. The van der Waals surface area contributed by atoms with Crippen LogP contribution in [0, 0.1) is 0 Å². The summed E-state index contributed by atoms with van der Waals surface area (Å²) in [7, 11) is -0.781. The predicted molar refractivity (Wildman–Crippen MR) is 119 cm³/mol. The van der Waals surface area contributed by atoms with Gasteiger partial charge in [-0.2, -0.15) is 0 Å². The van der Waals surface area contributed by atoms with Crippen molar-refractivity contribution in [1.29, 1.82) is 0 Å². The molecule has 1 N–H and O–H groups in total. The van der Waals surface area contributed by atoms with Gasteiger partial charge in [-0.05, 0) is 50.2 Å². The molecule has 2 aromatic carbocycles. The number of hydrogen-bond donors (Lipinski definition) is 1. The molecule has 0 aliphatic heterocycles. The minimum absolute atomic E-state index is 0.126. The molecule has 0 bridgehead atoms. The Balaban J connectivity index is 2.35. The third-order valence-electron chi connectivity index (χ3n) is 4.50. The fourth-order valence-electron chi connectivity index (χ4n) is 3.03. The van der Waals surface area contributed by atoms with Crippen molar-refractivity contribution in [2.75, 3.05) is 24.8 Å². The van der Waals surface area contributed by atoms with Gasteiger partial charge in [0.25, 0.3) is 0 Å². The molecule has 0 unspecified atom stereocenters. The number of sulfonamides is 1. The van der Waals surface area contributed by atoms with E-state index in [1.807, 2.05) is 0 Å². The molecule has 2 rings (SSSR count). The highest BCUT2D eigenvalue weighted by atomic mass is 35.5. The lowest BCUT2D eigenvalue weighted by atomic mass is 10.1. The lowest BCUT2D eigenvalue weighted by Crippen LogP contribution is -2.48. The maximum atomic E-state index is 13.0. The van der Waals surface area contributed by atoms with E-state index < -0.39 is 28.0 Å². The Kier molecular flexibility index (Phi) is 7.85. The average molecular weight is 475 g/mol. The molecule has 0 heterocycles. The molecule has 0 aliphatic rings. The van der Waals surface area contributed by atoms with Crippen molar-refractivity contribution in [3.63, 3.8) is 0 Å². The van der Waals surface area contributed by atoms with Crippen LogP contribution in [0.5, 0.6) is 11.5 Å². The van der Waals surface area contributed by atoms with Gasteiger partial charge in [0, 0.05) is 10.6 Å². The topological polar surface area (TPSA) is 84.9 Å². The maximum absolute atomic E-state index is 13.0. The summed E-state index contributed by atoms with van der Waals surface area (Å²) in [6, 6.07) is 8.07. The van der Waals surface area contributed by atoms with E-state index in [-0.39, 0.29) is 10.7 Å². The highest BCUT2D eigenvalue weighted by molar-refractivity contribution is 7.92. The first-order valence-electron chi connectivity index (χ1n) is 8.96. The fraction of sp³-hybridized carbons (Fsp3) is 0.350. The molecule has 0 saturated carbocycles. The van der Waals surface area contributed by atoms with Crippen LogP contribution in [0.1, 0.15) is 25.5 Å². The van der Waals surface area contributed by atoms with E-state index >= 15 is 0 Å². The summed E-state index contributed by atoms with van der Waals surface area (Å²) in [5.74, 6) is 0.645. The molecular weight excluding hydrogens is 451 g/mol. The zero-order valence-electron chi connectivity index (χ0n) is 17.3. The Labute approximate surface area is 186 Å². The number of carbonyl (C=O) groups excluding carboxylic acids is 1. The molecule has 0 fully saturated rings. The second-order valence-electron chi connectivity index (χ2n) is 6.67. The third-order valence-corrected chi connectivity index (χ3v) is 6.28. The first-order chi connectivity index (χ1) is 14.0. The van der Waals surface area contributed by atoms with E-state index in [9.17, 15) is 13.2 Å². The number of amides is 1.